The van der Waals surface area contributed by atoms with Gasteiger partial charge in [0.1, 0.15) is 0 Å². The van der Waals surface area contributed by atoms with Crippen molar-refractivity contribution in [2.24, 2.45) is 11.8 Å². The van der Waals surface area contributed by atoms with E-state index in [4.69, 9.17) is 10.6 Å². The van der Waals surface area contributed by atoms with Gasteiger partial charge in [0.15, 0.2) is 0 Å². The monoisotopic (exact) mass is 276 g/mol. The Bertz CT molecular complexity index is 396. The summed E-state index contributed by atoms with van der Waals surface area (Å²) in [6, 6.07) is 9.10. The van der Waals surface area contributed by atoms with Gasteiger partial charge >= 0.3 is 0 Å². The average molecular weight is 276 g/mol. The van der Waals surface area contributed by atoms with Crippen molar-refractivity contribution in [1.29, 1.82) is 0 Å². The molecule has 3 heteroatoms. The fourth-order valence-electron chi connectivity index (χ4n) is 2.99. The Morgan fingerprint density at radius 2 is 1.80 bits per heavy atom. The maximum absolute atomic E-state index is 5.74. The molecule has 1 saturated carbocycles. The zero-order valence-electron chi connectivity index (χ0n) is 12.9. The lowest BCUT2D eigenvalue weighted by Crippen LogP contribution is -2.36. The zero-order valence-corrected chi connectivity index (χ0v) is 12.9. The van der Waals surface area contributed by atoms with Crippen molar-refractivity contribution < 1.29 is 4.74 Å². The van der Waals surface area contributed by atoms with Crippen LogP contribution in [0.3, 0.4) is 0 Å². The first-order valence-electron chi connectivity index (χ1n) is 7.81. The summed E-state index contributed by atoms with van der Waals surface area (Å²) in [6.45, 7) is 7.33. The van der Waals surface area contributed by atoms with E-state index in [9.17, 15) is 0 Å². The quantitative estimate of drug-likeness (QED) is 0.591. The van der Waals surface area contributed by atoms with E-state index in [-0.39, 0.29) is 6.04 Å². The second-order valence-electron chi connectivity index (χ2n) is 6.19. The lowest BCUT2D eigenvalue weighted by atomic mass is 9.77. The summed E-state index contributed by atoms with van der Waals surface area (Å²) in [5.74, 6) is 7.05. The molecule has 1 aromatic carbocycles. The van der Waals surface area contributed by atoms with Gasteiger partial charge in [0.25, 0.3) is 0 Å². The Morgan fingerprint density at radius 3 is 2.30 bits per heavy atom. The minimum atomic E-state index is 0.254. The summed E-state index contributed by atoms with van der Waals surface area (Å²) >= 11 is 0. The molecule has 2 rings (SSSR count). The molecule has 0 aliphatic heterocycles. The second kappa shape index (κ2) is 7.21. The Hall–Kier alpha value is -0.900. The van der Waals surface area contributed by atoms with Gasteiger partial charge in [-0.05, 0) is 49.1 Å². The molecule has 1 aliphatic rings. The van der Waals surface area contributed by atoms with Gasteiger partial charge in [-0.25, -0.2) is 0 Å². The highest BCUT2D eigenvalue weighted by Crippen LogP contribution is 2.36. The largest absolute Gasteiger partial charge is 0.378 e. The highest BCUT2D eigenvalue weighted by Gasteiger charge is 2.31. The third kappa shape index (κ3) is 3.81. The van der Waals surface area contributed by atoms with E-state index in [1.54, 1.807) is 0 Å². The fourth-order valence-corrected chi connectivity index (χ4v) is 2.99. The molecule has 0 amide bonds. The van der Waals surface area contributed by atoms with Crippen molar-refractivity contribution in [1.82, 2.24) is 5.43 Å². The molecule has 3 N–H and O–H groups in total. The van der Waals surface area contributed by atoms with E-state index < -0.39 is 0 Å². The topological polar surface area (TPSA) is 47.3 Å². The number of nitrogens with one attached hydrogen (secondary N) is 1. The number of benzene rings is 1. The van der Waals surface area contributed by atoms with Crippen LogP contribution in [0.4, 0.5) is 0 Å². The third-order valence-corrected chi connectivity index (χ3v) is 4.37. The standard InChI is InChI=1S/C17H28N2O/c1-4-20-16-9-13(10-16)11-17(19-18)15-7-5-14(6-8-15)12(2)3/h5-8,12-13,16-17,19H,4,9-11,18H2,1-3H3. The maximum Gasteiger partial charge on any atom is 0.0580 e. The summed E-state index contributed by atoms with van der Waals surface area (Å²) in [5, 5.41) is 0. The van der Waals surface area contributed by atoms with Crippen LogP contribution in [-0.2, 0) is 4.74 Å². The summed E-state index contributed by atoms with van der Waals surface area (Å²) in [4.78, 5) is 0. The predicted octanol–water partition coefficient (Wildman–Crippen LogP) is 3.52. The van der Waals surface area contributed by atoms with Gasteiger partial charge in [-0.2, -0.15) is 0 Å². The molecule has 1 unspecified atom stereocenters. The van der Waals surface area contributed by atoms with Crippen LogP contribution in [-0.4, -0.2) is 12.7 Å². The van der Waals surface area contributed by atoms with Crippen molar-refractivity contribution in [3.63, 3.8) is 0 Å². The molecule has 0 bridgehead atoms. The van der Waals surface area contributed by atoms with E-state index in [0.29, 0.717) is 12.0 Å². The SMILES string of the molecule is CCOC1CC(CC(NN)c2ccc(C(C)C)cc2)C1. The normalized spacial score (nSPS) is 23.6. The molecule has 0 heterocycles. The van der Waals surface area contributed by atoms with Crippen LogP contribution >= 0.6 is 0 Å². The number of hydrogen-bond acceptors (Lipinski definition) is 3. The molecular formula is C17H28N2O. The summed E-state index contributed by atoms with van der Waals surface area (Å²) in [6.07, 6.45) is 3.93. The number of hydrogen-bond donors (Lipinski definition) is 2. The van der Waals surface area contributed by atoms with Crippen molar-refractivity contribution in [2.75, 3.05) is 6.61 Å². The molecular weight excluding hydrogens is 248 g/mol. The van der Waals surface area contributed by atoms with E-state index in [1.165, 1.54) is 24.0 Å². The molecule has 1 aliphatic carbocycles. The number of ether oxygens (including phenoxy) is 1. The van der Waals surface area contributed by atoms with E-state index in [2.05, 4.69) is 50.5 Å². The zero-order chi connectivity index (χ0) is 14.5. The third-order valence-electron chi connectivity index (χ3n) is 4.37. The van der Waals surface area contributed by atoms with Crippen LogP contribution in [0.15, 0.2) is 24.3 Å². The van der Waals surface area contributed by atoms with Gasteiger partial charge in [-0.1, -0.05) is 38.1 Å². The first-order chi connectivity index (χ1) is 9.63. The van der Waals surface area contributed by atoms with Gasteiger partial charge in [0.05, 0.1) is 6.10 Å². The van der Waals surface area contributed by atoms with Gasteiger partial charge in [0.2, 0.25) is 0 Å². The molecule has 0 radical (unpaired) electrons. The van der Waals surface area contributed by atoms with Crippen LogP contribution in [0.25, 0.3) is 0 Å². The van der Waals surface area contributed by atoms with Crippen LogP contribution in [0.5, 0.6) is 0 Å². The lowest BCUT2D eigenvalue weighted by Gasteiger charge is -2.37. The highest BCUT2D eigenvalue weighted by atomic mass is 16.5. The summed E-state index contributed by atoms with van der Waals surface area (Å²) < 4.78 is 5.62. The molecule has 1 aromatic rings. The van der Waals surface area contributed by atoms with Gasteiger partial charge in [-0.15, -0.1) is 0 Å². The molecule has 1 atom stereocenters. The van der Waals surface area contributed by atoms with Crippen molar-refractivity contribution in [3.05, 3.63) is 35.4 Å². The van der Waals surface area contributed by atoms with E-state index in [0.717, 1.165) is 18.9 Å². The highest BCUT2D eigenvalue weighted by molar-refractivity contribution is 5.27. The maximum atomic E-state index is 5.74. The molecule has 3 nitrogen and oxygen atoms in total. The second-order valence-corrected chi connectivity index (χ2v) is 6.19. The predicted molar refractivity (Wildman–Crippen MR) is 83.4 cm³/mol. The van der Waals surface area contributed by atoms with Crippen LogP contribution in [0, 0.1) is 5.92 Å². The van der Waals surface area contributed by atoms with Gasteiger partial charge in [0, 0.05) is 12.6 Å². The average Bonchev–Trinajstić information content (AvgIpc) is 2.41. The fraction of sp³-hybridized carbons (Fsp3) is 0.647. The van der Waals surface area contributed by atoms with Crippen molar-refractivity contribution in [3.8, 4) is 0 Å². The van der Waals surface area contributed by atoms with Crippen LogP contribution in [0.2, 0.25) is 0 Å². The number of hydrazine groups is 1. The summed E-state index contributed by atoms with van der Waals surface area (Å²) in [7, 11) is 0. The Labute approximate surface area is 122 Å². The molecule has 1 fully saturated rings. The molecule has 0 spiro atoms. The minimum absolute atomic E-state index is 0.254. The molecule has 112 valence electrons. The Kier molecular flexibility index (Phi) is 5.58. The minimum Gasteiger partial charge on any atom is -0.378 e. The van der Waals surface area contributed by atoms with Crippen LogP contribution < -0.4 is 11.3 Å². The smallest absolute Gasteiger partial charge is 0.0580 e. The Morgan fingerprint density at radius 1 is 1.20 bits per heavy atom. The first kappa shape index (κ1) is 15.5. The molecule has 0 aromatic heterocycles. The summed E-state index contributed by atoms with van der Waals surface area (Å²) in [5.41, 5.74) is 5.64. The first-order valence-corrected chi connectivity index (χ1v) is 7.81. The van der Waals surface area contributed by atoms with E-state index >= 15 is 0 Å². The van der Waals surface area contributed by atoms with Gasteiger partial charge < -0.3 is 4.74 Å². The van der Waals surface area contributed by atoms with Crippen LogP contribution in [0.1, 0.15) is 63.1 Å². The molecule has 20 heavy (non-hydrogen) atoms. The number of nitrogens with two attached hydrogens (primary N) is 1. The Balaban J connectivity index is 1.88. The van der Waals surface area contributed by atoms with E-state index in [1.807, 2.05) is 0 Å². The van der Waals surface area contributed by atoms with Crippen molar-refractivity contribution in [2.45, 2.75) is 58.1 Å². The lowest BCUT2D eigenvalue weighted by molar-refractivity contribution is -0.0291. The van der Waals surface area contributed by atoms with Crippen molar-refractivity contribution >= 4 is 0 Å². The molecule has 0 saturated heterocycles. The van der Waals surface area contributed by atoms with Gasteiger partial charge in [-0.3, -0.25) is 11.3 Å². The number of rotatable bonds is 7.